The molecule has 0 spiro atoms. The second kappa shape index (κ2) is 6.96. The van der Waals surface area contributed by atoms with Gasteiger partial charge in [0, 0.05) is 29.4 Å². The molecule has 0 unspecified atom stereocenters. The average Bonchev–Trinajstić information content (AvgIpc) is 2.44. The molecule has 0 saturated heterocycles. The Morgan fingerprint density at radius 1 is 1.15 bits per heavy atom. The molecule has 0 aliphatic rings. The molecule has 0 bridgehead atoms. The smallest absolute Gasteiger partial charge is 0.226 e. The third-order valence-electron chi connectivity index (χ3n) is 2.92. The second-order valence-electron chi connectivity index (χ2n) is 4.55. The largest absolute Gasteiger partial charge is 0.384 e. The molecule has 0 fully saturated rings. The zero-order valence-electron chi connectivity index (χ0n) is 11.3. The molecule has 2 N–H and O–H groups in total. The van der Waals surface area contributed by atoms with Crippen LogP contribution in [0.1, 0.15) is 12.0 Å². The summed E-state index contributed by atoms with van der Waals surface area (Å²) in [6, 6.07) is 15.1. The monoisotopic (exact) mass is 288 g/mol. The van der Waals surface area contributed by atoms with Gasteiger partial charge in [-0.1, -0.05) is 35.9 Å². The van der Waals surface area contributed by atoms with Gasteiger partial charge in [-0.15, -0.1) is 0 Å². The normalized spacial score (nSPS) is 10.1. The van der Waals surface area contributed by atoms with Crippen molar-refractivity contribution in [3.63, 3.8) is 0 Å². The minimum absolute atomic E-state index is 0.0108. The van der Waals surface area contributed by atoms with E-state index in [1.807, 2.05) is 55.5 Å². The number of nitrogens with one attached hydrogen (secondary N) is 2. The molecule has 0 radical (unpaired) electrons. The van der Waals surface area contributed by atoms with Crippen molar-refractivity contribution < 1.29 is 4.79 Å². The standard InChI is InChI=1S/C16H17ClN2O/c1-12-7-8-13(17)11-15(12)18-10-9-16(20)19-14-5-3-2-4-6-14/h2-8,11,18H,9-10H2,1H3,(H,19,20). The third-order valence-corrected chi connectivity index (χ3v) is 3.16. The molecule has 20 heavy (non-hydrogen) atoms. The van der Waals surface area contributed by atoms with Gasteiger partial charge in [0.1, 0.15) is 0 Å². The van der Waals surface area contributed by atoms with Crippen LogP contribution in [0.3, 0.4) is 0 Å². The van der Waals surface area contributed by atoms with Crippen LogP contribution in [-0.2, 0) is 4.79 Å². The summed E-state index contributed by atoms with van der Waals surface area (Å²) in [4.78, 5) is 11.8. The number of amides is 1. The van der Waals surface area contributed by atoms with E-state index in [0.717, 1.165) is 16.9 Å². The number of halogens is 1. The average molecular weight is 289 g/mol. The summed E-state index contributed by atoms with van der Waals surface area (Å²) in [5, 5.41) is 6.76. The lowest BCUT2D eigenvalue weighted by molar-refractivity contribution is -0.115. The maximum absolute atomic E-state index is 11.8. The summed E-state index contributed by atoms with van der Waals surface area (Å²) < 4.78 is 0. The van der Waals surface area contributed by atoms with Crippen molar-refractivity contribution >= 4 is 28.9 Å². The van der Waals surface area contributed by atoms with E-state index in [1.54, 1.807) is 0 Å². The molecule has 0 heterocycles. The fraction of sp³-hybridized carbons (Fsp3) is 0.188. The SMILES string of the molecule is Cc1ccc(Cl)cc1NCCC(=O)Nc1ccccc1. The van der Waals surface area contributed by atoms with Gasteiger partial charge in [0.05, 0.1) is 0 Å². The van der Waals surface area contributed by atoms with E-state index >= 15 is 0 Å². The Hall–Kier alpha value is -2.00. The quantitative estimate of drug-likeness (QED) is 0.870. The third kappa shape index (κ3) is 4.28. The van der Waals surface area contributed by atoms with Gasteiger partial charge < -0.3 is 10.6 Å². The maximum atomic E-state index is 11.8. The molecule has 0 saturated carbocycles. The van der Waals surface area contributed by atoms with Gasteiger partial charge >= 0.3 is 0 Å². The predicted molar refractivity (Wildman–Crippen MR) is 84.4 cm³/mol. The second-order valence-corrected chi connectivity index (χ2v) is 4.99. The van der Waals surface area contributed by atoms with Crippen LogP contribution in [0.5, 0.6) is 0 Å². The molecule has 0 aliphatic heterocycles. The highest BCUT2D eigenvalue weighted by molar-refractivity contribution is 6.30. The van der Waals surface area contributed by atoms with Crippen LogP contribution in [0.15, 0.2) is 48.5 Å². The Bertz CT molecular complexity index is 584. The fourth-order valence-corrected chi connectivity index (χ4v) is 2.01. The number of benzene rings is 2. The molecule has 0 aromatic heterocycles. The number of hydrogen-bond donors (Lipinski definition) is 2. The van der Waals surface area contributed by atoms with E-state index in [1.165, 1.54) is 0 Å². The fourth-order valence-electron chi connectivity index (χ4n) is 1.84. The Labute approximate surface area is 124 Å². The molecule has 2 rings (SSSR count). The number of aryl methyl sites for hydroxylation is 1. The zero-order chi connectivity index (χ0) is 14.4. The zero-order valence-corrected chi connectivity index (χ0v) is 12.1. The Balaban J connectivity index is 1.81. The molecule has 0 aliphatic carbocycles. The minimum atomic E-state index is -0.0108. The van der Waals surface area contributed by atoms with E-state index in [-0.39, 0.29) is 5.91 Å². The molecular formula is C16H17ClN2O. The summed E-state index contributed by atoms with van der Waals surface area (Å²) in [6.45, 7) is 2.57. The number of carbonyl (C=O) groups excluding carboxylic acids is 1. The highest BCUT2D eigenvalue weighted by atomic mass is 35.5. The number of carbonyl (C=O) groups is 1. The first-order chi connectivity index (χ1) is 9.65. The number of para-hydroxylation sites is 1. The van der Waals surface area contributed by atoms with E-state index < -0.39 is 0 Å². The van der Waals surface area contributed by atoms with Gasteiger partial charge in [0.2, 0.25) is 5.91 Å². The molecule has 104 valence electrons. The van der Waals surface area contributed by atoms with Gasteiger partial charge in [-0.05, 0) is 36.8 Å². The van der Waals surface area contributed by atoms with Gasteiger partial charge in [-0.25, -0.2) is 0 Å². The lowest BCUT2D eigenvalue weighted by Gasteiger charge is -2.10. The molecule has 0 atom stereocenters. The lowest BCUT2D eigenvalue weighted by atomic mass is 10.2. The summed E-state index contributed by atoms with van der Waals surface area (Å²) in [6.07, 6.45) is 0.404. The first kappa shape index (κ1) is 14.4. The summed E-state index contributed by atoms with van der Waals surface area (Å²) in [7, 11) is 0. The molecule has 2 aromatic carbocycles. The summed E-state index contributed by atoms with van der Waals surface area (Å²) >= 11 is 5.95. The number of anilines is 2. The van der Waals surface area contributed by atoms with Gasteiger partial charge in [0.15, 0.2) is 0 Å². The van der Waals surface area contributed by atoms with E-state index in [4.69, 9.17) is 11.6 Å². The lowest BCUT2D eigenvalue weighted by Crippen LogP contribution is -2.16. The summed E-state index contributed by atoms with van der Waals surface area (Å²) in [5.41, 5.74) is 2.89. The van der Waals surface area contributed by atoms with Crippen molar-refractivity contribution in [3.05, 3.63) is 59.1 Å². The van der Waals surface area contributed by atoms with Crippen molar-refractivity contribution in [2.45, 2.75) is 13.3 Å². The van der Waals surface area contributed by atoms with Crippen molar-refractivity contribution in [2.75, 3.05) is 17.2 Å². The van der Waals surface area contributed by atoms with E-state index in [9.17, 15) is 4.79 Å². The molecular weight excluding hydrogens is 272 g/mol. The predicted octanol–water partition coefficient (Wildman–Crippen LogP) is 4.09. The van der Waals surface area contributed by atoms with Gasteiger partial charge in [0.25, 0.3) is 0 Å². The van der Waals surface area contributed by atoms with Gasteiger partial charge in [-0.2, -0.15) is 0 Å². The van der Waals surface area contributed by atoms with Crippen LogP contribution in [0.25, 0.3) is 0 Å². The van der Waals surface area contributed by atoms with E-state index in [2.05, 4.69) is 10.6 Å². The van der Waals surface area contributed by atoms with Crippen LogP contribution in [0.2, 0.25) is 5.02 Å². The van der Waals surface area contributed by atoms with Crippen molar-refractivity contribution in [3.8, 4) is 0 Å². The molecule has 4 heteroatoms. The Morgan fingerprint density at radius 2 is 1.90 bits per heavy atom. The van der Waals surface area contributed by atoms with Crippen LogP contribution in [0, 0.1) is 6.92 Å². The minimum Gasteiger partial charge on any atom is -0.384 e. The van der Waals surface area contributed by atoms with Crippen LogP contribution >= 0.6 is 11.6 Å². The van der Waals surface area contributed by atoms with Crippen LogP contribution in [0.4, 0.5) is 11.4 Å². The number of rotatable bonds is 5. The molecule has 3 nitrogen and oxygen atoms in total. The highest BCUT2D eigenvalue weighted by Gasteiger charge is 2.03. The topological polar surface area (TPSA) is 41.1 Å². The van der Waals surface area contributed by atoms with E-state index in [0.29, 0.717) is 18.0 Å². The molecule has 1 amide bonds. The Morgan fingerprint density at radius 3 is 2.65 bits per heavy atom. The first-order valence-electron chi connectivity index (χ1n) is 6.50. The molecule has 2 aromatic rings. The highest BCUT2D eigenvalue weighted by Crippen LogP contribution is 2.20. The van der Waals surface area contributed by atoms with Crippen LogP contribution < -0.4 is 10.6 Å². The van der Waals surface area contributed by atoms with Crippen molar-refractivity contribution in [1.82, 2.24) is 0 Å². The number of hydrogen-bond acceptors (Lipinski definition) is 2. The first-order valence-corrected chi connectivity index (χ1v) is 6.88. The van der Waals surface area contributed by atoms with Crippen LogP contribution in [-0.4, -0.2) is 12.5 Å². The van der Waals surface area contributed by atoms with Gasteiger partial charge in [-0.3, -0.25) is 4.79 Å². The maximum Gasteiger partial charge on any atom is 0.226 e. The van der Waals surface area contributed by atoms with Crippen molar-refractivity contribution in [1.29, 1.82) is 0 Å². The van der Waals surface area contributed by atoms with Crippen molar-refractivity contribution in [2.24, 2.45) is 0 Å². The summed E-state index contributed by atoms with van der Waals surface area (Å²) in [5.74, 6) is -0.0108. The Kier molecular flexibility index (Phi) is 5.02.